The summed E-state index contributed by atoms with van der Waals surface area (Å²) in [5.74, 6) is 2.23. The lowest BCUT2D eigenvalue weighted by molar-refractivity contribution is 0.276. The van der Waals surface area contributed by atoms with Crippen molar-refractivity contribution in [2.75, 3.05) is 31.2 Å². The summed E-state index contributed by atoms with van der Waals surface area (Å²) in [4.78, 5) is 6.91. The Bertz CT molecular complexity index is 392. The van der Waals surface area contributed by atoms with Gasteiger partial charge in [-0.2, -0.15) is 11.8 Å². The van der Waals surface area contributed by atoms with Crippen molar-refractivity contribution < 1.29 is 0 Å². The number of nitrogens with one attached hydrogen (secondary N) is 1. The maximum absolute atomic E-state index is 4.37. The van der Waals surface area contributed by atoms with Gasteiger partial charge in [0.05, 0.1) is 0 Å². The number of hydrogen-bond acceptors (Lipinski definition) is 4. The zero-order chi connectivity index (χ0) is 13.0. The van der Waals surface area contributed by atoms with Crippen LogP contribution in [0.5, 0.6) is 0 Å². The summed E-state index contributed by atoms with van der Waals surface area (Å²) in [5.41, 5.74) is 1.30. The topological polar surface area (TPSA) is 28.2 Å². The van der Waals surface area contributed by atoms with Crippen LogP contribution in [0.3, 0.4) is 0 Å². The molecule has 2 heterocycles. The first-order valence-electron chi connectivity index (χ1n) is 6.59. The van der Waals surface area contributed by atoms with Crippen LogP contribution >= 0.6 is 11.8 Å². The van der Waals surface area contributed by atoms with E-state index in [1.165, 1.54) is 30.8 Å². The fraction of sp³-hybridized carbons (Fsp3) is 0.643. The van der Waals surface area contributed by atoms with E-state index in [-0.39, 0.29) is 0 Å². The predicted octanol–water partition coefficient (Wildman–Crippen LogP) is 2.84. The largest absolute Gasteiger partial charge is 0.373 e. The minimum absolute atomic E-state index is 0.426. The number of aromatic nitrogens is 1. The van der Waals surface area contributed by atoms with Gasteiger partial charge in [-0.05, 0) is 19.0 Å². The molecule has 1 N–H and O–H groups in total. The number of anilines is 1. The molecule has 4 heteroatoms. The Balaban J connectivity index is 2.01. The molecular formula is C14H23N3S. The van der Waals surface area contributed by atoms with Crippen molar-refractivity contribution in [3.05, 3.63) is 23.9 Å². The molecule has 3 nitrogen and oxygen atoms in total. The van der Waals surface area contributed by atoms with Crippen LogP contribution in [-0.4, -0.2) is 40.5 Å². The highest BCUT2D eigenvalue weighted by molar-refractivity contribution is 8.00. The van der Waals surface area contributed by atoms with Gasteiger partial charge in [0, 0.05) is 42.4 Å². The van der Waals surface area contributed by atoms with E-state index in [2.05, 4.69) is 46.9 Å². The normalized spacial score (nSPS) is 20.4. The molecule has 1 aromatic heterocycles. The lowest BCUT2D eigenvalue weighted by Gasteiger charge is -2.23. The first kappa shape index (κ1) is 13.7. The first-order valence-corrected chi connectivity index (χ1v) is 7.57. The summed E-state index contributed by atoms with van der Waals surface area (Å²) in [5, 5.41) is 3.17. The first-order chi connectivity index (χ1) is 8.61. The predicted molar refractivity (Wildman–Crippen MR) is 80.2 cm³/mol. The Morgan fingerprint density at radius 3 is 3.06 bits per heavy atom. The monoisotopic (exact) mass is 265 g/mol. The van der Waals surface area contributed by atoms with Crippen LogP contribution in [0.25, 0.3) is 0 Å². The molecule has 0 atom stereocenters. The van der Waals surface area contributed by atoms with Crippen LogP contribution in [0.15, 0.2) is 18.3 Å². The van der Waals surface area contributed by atoms with Crippen molar-refractivity contribution in [2.24, 2.45) is 0 Å². The fourth-order valence-corrected chi connectivity index (χ4v) is 3.39. The molecule has 2 rings (SSSR count). The smallest absolute Gasteiger partial charge is 0.130 e. The standard InChI is InChI=1S/C14H23N3S/c1-14(2)6-8-17(9-10-18-14)11-12-5-4-7-16-13(12)15-3/h4-5,7H,6,8-11H2,1-3H3,(H,15,16). The van der Waals surface area contributed by atoms with Crippen molar-refractivity contribution in [1.82, 2.24) is 9.88 Å². The Kier molecular flexibility index (Phi) is 4.51. The van der Waals surface area contributed by atoms with Gasteiger partial charge in [-0.25, -0.2) is 4.98 Å². The second-order valence-corrected chi connectivity index (χ2v) is 7.20. The van der Waals surface area contributed by atoms with Crippen molar-refractivity contribution in [2.45, 2.75) is 31.6 Å². The maximum atomic E-state index is 4.37. The molecule has 1 aromatic rings. The second-order valence-electron chi connectivity index (χ2n) is 5.40. The molecule has 0 bridgehead atoms. The molecule has 0 aromatic carbocycles. The zero-order valence-electron chi connectivity index (χ0n) is 11.6. The molecule has 0 radical (unpaired) electrons. The highest BCUT2D eigenvalue weighted by Gasteiger charge is 2.23. The third kappa shape index (κ3) is 3.62. The highest BCUT2D eigenvalue weighted by Crippen LogP contribution is 2.31. The van der Waals surface area contributed by atoms with Crippen molar-refractivity contribution in [3.63, 3.8) is 0 Å². The van der Waals surface area contributed by atoms with E-state index in [0.717, 1.165) is 12.4 Å². The maximum Gasteiger partial charge on any atom is 0.130 e. The SMILES string of the molecule is CNc1ncccc1CN1CCSC(C)(C)CC1. The molecule has 18 heavy (non-hydrogen) atoms. The minimum atomic E-state index is 0.426. The van der Waals surface area contributed by atoms with E-state index in [4.69, 9.17) is 0 Å². The van der Waals surface area contributed by atoms with Gasteiger partial charge in [0.15, 0.2) is 0 Å². The number of nitrogens with zero attached hydrogens (tertiary/aromatic N) is 2. The van der Waals surface area contributed by atoms with Crippen LogP contribution in [-0.2, 0) is 6.54 Å². The zero-order valence-corrected chi connectivity index (χ0v) is 12.4. The average molecular weight is 265 g/mol. The van der Waals surface area contributed by atoms with Gasteiger partial charge in [0.25, 0.3) is 0 Å². The summed E-state index contributed by atoms with van der Waals surface area (Å²) in [6, 6.07) is 4.19. The Hall–Kier alpha value is -0.740. The average Bonchev–Trinajstić information content (AvgIpc) is 2.52. The van der Waals surface area contributed by atoms with Gasteiger partial charge in [0.2, 0.25) is 0 Å². The number of thioether (sulfide) groups is 1. The molecule has 0 unspecified atom stereocenters. The van der Waals surface area contributed by atoms with Gasteiger partial charge in [-0.3, -0.25) is 4.90 Å². The van der Waals surface area contributed by atoms with E-state index in [1.54, 1.807) is 0 Å². The molecule has 0 aliphatic carbocycles. The van der Waals surface area contributed by atoms with Crippen molar-refractivity contribution in [3.8, 4) is 0 Å². The molecule has 0 saturated carbocycles. The van der Waals surface area contributed by atoms with E-state index in [0.29, 0.717) is 4.75 Å². The van der Waals surface area contributed by atoms with Gasteiger partial charge >= 0.3 is 0 Å². The van der Waals surface area contributed by atoms with Crippen LogP contribution in [0.2, 0.25) is 0 Å². The summed E-state index contributed by atoms with van der Waals surface area (Å²) in [7, 11) is 1.94. The molecule has 1 saturated heterocycles. The lowest BCUT2D eigenvalue weighted by atomic mass is 10.1. The molecule has 0 amide bonds. The summed E-state index contributed by atoms with van der Waals surface area (Å²) < 4.78 is 0.426. The lowest BCUT2D eigenvalue weighted by Crippen LogP contribution is -2.27. The van der Waals surface area contributed by atoms with Crippen molar-refractivity contribution >= 4 is 17.6 Å². The summed E-state index contributed by atoms with van der Waals surface area (Å²) in [6.07, 6.45) is 3.10. The molecular weight excluding hydrogens is 242 g/mol. The Morgan fingerprint density at radius 2 is 2.28 bits per heavy atom. The molecule has 1 fully saturated rings. The van der Waals surface area contributed by atoms with Gasteiger partial charge in [-0.15, -0.1) is 0 Å². The van der Waals surface area contributed by atoms with Gasteiger partial charge in [0.1, 0.15) is 5.82 Å². The minimum Gasteiger partial charge on any atom is -0.373 e. The Morgan fingerprint density at radius 1 is 1.44 bits per heavy atom. The van der Waals surface area contributed by atoms with Crippen LogP contribution < -0.4 is 5.32 Å². The highest BCUT2D eigenvalue weighted by atomic mass is 32.2. The fourth-order valence-electron chi connectivity index (χ4n) is 2.25. The quantitative estimate of drug-likeness (QED) is 0.909. The number of hydrogen-bond donors (Lipinski definition) is 1. The van der Waals surface area contributed by atoms with E-state index in [9.17, 15) is 0 Å². The van der Waals surface area contributed by atoms with Crippen LogP contribution in [0.4, 0.5) is 5.82 Å². The summed E-state index contributed by atoms with van der Waals surface area (Å²) >= 11 is 2.09. The van der Waals surface area contributed by atoms with Gasteiger partial charge in [-0.1, -0.05) is 19.9 Å². The molecule has 1 aliphatic heterocycles. The molecule has 1 aliphatic rings. The third-order valence-electron chi connectivity index (χ3n) is 3.45. The van der Waals surface area contributed by atoms with E-state index >= 15 is 0 Å². The number of rotatable bonds is 3. The summed E-state index contributed by atoms with van der Waals surface area (Å²) in [6.45, 7) is 8.05. The number of pyridine rings is 1. The molecule has 0 spiro atoms. The van der Waals surface area contributed by atoms with E-state index in [1.807, 2.05) is 19.3 Å². The van der Waals surface area contributed by atoms with Crippen LogP contribution in [0.1, 0.15) is 25.8 Å². The molecule has 100 valence electrons. The second kappa shape index (κ2) is 5.93. The van der Waals surface area contributed by atoms with Crippen molar-refractivity contribution in [1.29, 1.82) is 0 Å². The van der Waals surface area contributed by atoms with Gasteiger partial charge < -0.3 is 5.32 Å². The third-order valence-corrected chi connectivity index (χ3v) is 4.82. The van der Waals surface area contributed by atoms with Crippen LogP contribution in [0, 0.1) is 0 Å². The Labute approximate surface area is 114 Å². The van der Waals surface area contributed by atoms with E-state index < -0.39 is 0 Å².